The molecule has 0 saturated heterocycles. The summed E-state index contributed by atoms with van der Waals surface area (Å²) in [7, 11) is -6.00. The van der Waals surface area contributed by atoms with Gasteiger partial charge >= 0.3 is 7.25 Å². The second-order valence-corrected chi connectivity index (χ2v) is 4.62. The van der Waals surface area contributed by atoms with Crippen LogP contribution in [0.4, 0.5) is 28.6 Å². The summed E-state index contributed by atoms with van der Waals surface area (Å²) in [5.41, 5.74) is 2.25. The van der Waals surface area contributed by atoms with Gasteiger partial charge in [0.15, 0.2) is 0 Å². The first kappa shape index (κ1) is 16.8. The summed E-state index contributed by atoms with van der Waals surface area (Å²) < 4.78 is 39.0. The largest absolute Gasteiger partial charge is 0.673 e. The van der Waals surface area contributed by atoms with Gasteiger partial charge < -0.3 is 17.3 Å². The zero-order chi connectivity index (χ0) is 15.2. The van der Waals surface area contributed by atoms with Crippen molar-refractivity contribution in [2.45, 2.75) is 0 Å². The smallest absolute Gasteiger partial charge is 0.418 e. The van der Waals surface area contributed by atoms with Crippen molar-refractivity contribution in [2.75, 3.05) is 0 Å². The van der Waals surface area contributed by atoms with Crippen LogP contribution >= 0.6 is 23.2 Å². The molecule has 0 radical (unpaired) electrons. The fraction of sp³-hybridized carbons (Fsp3) is 0. The van der Waals surface area contributed by atoms with E-state index < -0.39 is 7.25 Å². The maximum Gasteiger partial charge on any atom is 0.673 e. The van der Waals surface area contributed by atoms with Crippen molar-refractivity contribution < 1.29 is 22.6 Å². The standard InChI is InChI=1S/C12H9Cl2N.BF4/c13-9-1-5-11(6-2-9)15-12-7-3-10(14)4-8-12;2-1(3,4)5/h1-8,15H;/q;-1/p+1. The second-order valence-electron chi connectivity index (χ2n) is 3.74. The van der Waals surface area contributed by atoms with Crippen LogP contribution in [0.3, 0.4) is 0 Å². The van der Waals surface area contributed by atoms with Gasteiger partial charge in [-0.2, -0.15) is 0 Å². The fourth-order valence-corrected chi connectivity index (χ4v) is 1.56. The van der Waals surface area contributed by atoms with E-state index in [1.165, 1.54) is 0 Å². The van der Waals surface area contributed by atoms with E-state index in [-0.39, 0.29) is 0 Å². The van der Waals surface area contributed by atoms with Gasteiger partial charge in [-0.15, -0.1) is 0 Å². The average molecular weight is 326 g/mol. The highest BCUT2D eigenvalue weighted by molar-refractivity contribution is 6.50. The second kappa shape index (κ2) is 7.52. The summed E-state index contributed by atoms with van der Waals surface area (Å²) in [5, 5.41) is 3.58. The Kier molecular flexibility index (Phi) is 6.32. The van der Waals surface area contributed by atoms with Crippen molar-refractivity contribution in [1.82, 2.24) is 0 Å². The van der Waals surface area contributed by atoms with Crippen LogP contribution in [0.15, 0.2) is 48.5 Å². The van der Waals surface area contributed by atoms with Gasteiger partial charge in [-0.05, 0) is 24.3 Å². The molecule has 1 nitrogen and oxygen atoms in total. The first-order chi connectivity index (χ1) is 9.24. The molecule has 0 aliphatic heterocycles. The number of hydrogen-bond donors (Lipinski definition) is 1. The Balaban J connectivity index is 0.000000347. The fourth-order valence-electron chi connectivity index (χ4n) is 1.31. The maximum atomic E-state index is 9.75. The quantitative estimate of drug-likeness (QED) is 0.463. The molecule has 2 rings (SSSR count). The third-order valence-corrected chi connectivity index (χ3v) is 2.58. The van der Waals surface area contributed by atoms with E-state index in [0.29, 0.717) is 0 Å². The maximum absolute atomic E-state index is 9.75. The molecule has 0 heterocycles. The molecule has 2 aromatic carbocycles. The van der Waals surface area contributed by atoms with Crippen LogP contribution < -0.4 is 5.32 Å². The van der Waals surface area contributed by atoms with Crippen LogP contribution in [0.5, 0.6) is 0 Å². The number of nitrogens with two attached hydrogens (primary N) is 1. The Morgan fingerprint density at radius 3 is 1.15 bits per heavy atom. The summed E-state index contributed by atoms with van der Waals surface area (Å²) in [6.45, 7) is 0. The summed E-state index contributed by atoms with van der Waals surface area (Å²) >= 11 is 11.6. The van der Waals surface area contributed by atoms with E-state index in [4.69, 9.17) is 23.2 Å². The van der Waals surface area contributed by atoms with E-state index in [9.17, 15) is 17.3 Å². The predicted octanol–water partition coefficient (Wildman–Crippen LogP) is 4.82. The lowest BCUT2D eigenvalue weighted by atomic mass is 10.3. The Morgan fingerprint density at radius 1 is 0.650 bits per heavy atom. The molecule has 0 saturated carbocycles. The predicted molar refractivity (Wildman–Crippen MR) is 74.3 cm³/mol. The van der Waals surface area contributed by atoms with E-state index in [2.05, 4.69) is 5.32 Å². The highest BCUT2D eigenvalue weighted by Crippen LogP contribution is 2.13. The van der Waals surface area contributed by atoms with E-state index in [0.717, 1.165) is 21.4 Å². The van der Waals surface area contributed by atoms with Gasteiger partial charge in [0, 0.05) is 34.3 Å². The van der Waals surface area contributed by atoms with Gasteiger partial charge in [0.25, 0.3) is 0 Å². The average Bonchev–Trinajstić information content (AvgIpc) is 2.33. The summed E-state index contributed by atoms with van der Waals surface area (Å²) in [6, 6.07) is 15.4. The molecule has 0 aliphatic carbocycles. The summed E-state index contributed by atoms with van der Waals surface area (Å²) in [4.78, 5) is 0. The van der Waals surface area contributed by atoms with Crippen molar-refractivity contribution in [3.63, 3.8) is 0 Å². The number of benzene rings is 2. The van der Waals surface area contributed by atoms with Crippen LogP contribution in [0.2, 0.25) is 10.0 Å². The normalized spacial score (nSPS) is 10.7. The van der Waals surface area contributed by atoms with Crippen LogP contribution in [-0.2, 0) is 0 Å². The molecular formula is C12H10BCl2F4N. The van der Waals surface area contributed by atoms with E-state index >= 15 is 0 Å². The minimum absolute atomic E-state index is 0.753. The lowest BCUT2D eigenvalue weighted by Crippen LogP contribution is -2.70. The van der Waals surface area contributed by atoms with Crippen molar-refractivity contribution in [3.8, 4) is 0 Å². The molecule has 2 aromatic rings. The van der Waals surface area contributed by atoms with Gasteiger partial charge in [0.05, 0.1) is 0 Å². The first-order valence-electron chi connectivity index (χ1n) is 5.47. The molecule has 0 bridgehead atoms. The SMILES string of the molecule is Clc1ccc([NH2+]c2ccc(Cl)cc2)cc1.F[B-](F)(F)F. The van der Waals surface area contributed by atoms with Gasteiger partial charge in [-0.25, -0.2) is 0 Å². The lowest BCUT2D eigenvalue weighted by Gasteiger charge is -2.00. The number of quaternary nitrogens is 1. The Hall–Kier alpha value is -1.24. The molecule has 2 N–H and O–H groups in total. The van der Waals surface area contributed by atoms with Gasteiger partial charge in [-0.3, -0.25) is 5.32 Å². The molecule has 0 fully saturated rings. The Labute approximate surface area is 123 Å². The van der Waals surface area contributed by atoms with Crippen LogP contribution in [0.25, 0.3) is 0 Å². The molecule has 0 unspecified atom stereocenters. The van der Waals surface area contributed by atoms with Crippen molar-refractivity contribution in [2.24, 2.45) is 0 Å². The van der Waals surface area contributed by atoms with Gasteiger partial charge in [0.2, 0.25) is 0 Å². The zero-order valence-electron chi connectivity index (χ0n) is 10.0. The van der Waals surface area contributed by atoms with Gasteiger partial charge in [0.1, 0.15) is 11.4 Å². The van der Waals surface area contributed by atoms with Crippen LogP contribution in [0, 0.1) is 0 Å². The zero-order valence-corrected chi connectivity index (χ0v) is 11.6. The third-order valence-electron chi connectivity index (χ3n) is 2.07. The molecule has 108 valence electrons. The Morgan fingerprint density at radius 2 is 0.900 bits per heavy atom. The number of hydrogen-bond acceptors (Lipinski definition) is 0. The molecular weight excluding hydrogens is 316 g/mol. The van der Waals surface area contributed by atoms with Gasteiger partial charge in [-0.1, -0.05) is 23.2 Å². The minimum atomic E-state index is -6.00. The summed E-state index contributed by atoms with van der Waals surface area (Å²) in [5.74, 6) is 0. The summed E-state index contributed by atoms with van der Waals surface area (Å²) in [6.07, 6.45) is 0. The van der Waals surface area contributed by atoms with E-state index in [1.54, 1.807) is 0 Å². The molecule has 0 aliphatic rings. The lowest BCUT2D eigenvalue weighted by molar-refractivity contribution is -0.478. The van der Waals surface area contributed by atoms with E-state index in [1.807, 2.05) is 48.5 Å². The van der Waals surface area contributed by atoms with Crippen LogP contribution in [-0.4, -0.2) is 7.25 Å². The molecule has 8 heteroatoms. The topological polar surface area (TPSA) is 16.6 Å². The Bertz CT molecular complexity index is 479. The molecule has 20 heavy (non-hydrogen) atoms. The van der Waals surface area contributed by atoms with Crippen LogP contribution in [0.1, 0.15) is 0 Å². The monoisotopic (exact) mass is 325 g/mol. The molecule has 0 aromatic heterocycles. The molecule has 0 spiro atoms. The van der Waals surface area contributed by atoms with Crippen molar-refractivity contribution in [1.29, 1.82) is 0 Å². The van der Waals surface area contributed by atoms with Crippen molar-refractivity contribution >= 4 is 41.8 Å². The molecule has 0 amide bonds. The minimum Gasteiger partial charge on any atom is -0.418 e. The van der Waals surface area contributed by atoms with Crippen molar-refractivity contribution in [3.05, 3.63) is 58.6 Å². The highest BCUT2D eigenvalue weighted by Gasteiger charge is 2.20. The number of halogens is 6. The third kappa shape index (κ3) is 8.04. The first-order valence-corrected chi connectivity index (χ1v) is 6.23. The number of rotatable bonds is 2. The highest BCUT2D eigenvalue weighted by atomic mass is 35.5. The molecule has 0 atom stereocenters.